The van der Waals surface area contributed by atoms with Crippen molar-refractivity contribution in [2.45, 2.75) is 264 Å². The fourth-order valence-corrected chi connectivity index (χ4v) is 8.96. The zero-order chi connectivity index (χ0) is 52.0. The van der Waals surface area contributed by atoms with Crippen LogP contribution in [0.15, 0.2) is 85.1 Å². The van der Waals surface area contributed by atoms with Gasteiger partial charge in [0.15, 0.2) is 0 Å². The summed E-state index contributed by atoms with van der Waals surface area (Å²) in [5, 5.41) is 13.8. The lowest BCUT2D eigenvalue weighted by Gasteiger charge is -2.29. The number of amides is 1. The lowest BCUT2D eigenvalue weighted by atomic mass is 10.0. The first kappa shape index (κ1) is 68.7. The van der Waals surface area contributed by atoms with E-state index >= 15 is 0 Å². The number of likely N-dealkylation sites (N-methyl/N-ethyl adjacent to an activating group) is 1. The molecule has 412 valence electrons. The summed E-state index contributed by atoms with van der Waals surface area (Å²) in [6, 6.07) is -0.929. The number of aliphatic hydroxyl groups excluding tert-OH is 1. The Labute approximate surface area is 439 Å². The lowest BCUT2D eigenvalue weighted by molar-refractivity contribution is -0.870. The standard InChI is InChI=1S/C62H113N2O6P/c1-6-8-10-12-14-16-18-20-22-24-25-26-27-28-29-30-31-32-33-34-35-36-37-38-40-41-43-45-47-49-51-53-55-61(65)60(59-70-71(67,68)69-58-57-64(3,4)5)63-62(66)56-54-52-50-48-46-44-42-39-23-21-19-17-15-13-11-9-7-2/h9,11,15,17,21,23,38,40,42,44-45,47,53,55,60-61,65H,6-8,10,12-14,16,18-20,22,24-37,39,41,43,46,48-52,54,56-59H2,1-5H3,(H-,63,66,67,68)/b11-9-,17-15-,23-21-,40-38+,44-42-,47-45+,55-53+. The third-order valence-electron chi connectivity index (χ3n) is 12.8. The summed E-state index contributed by atoms with van der Waals surface area (Å²) >= 11 is 0. The molecule has 0 heterocycles. The summed E-state index contributed by atoms with van der Waals surface area (Å²) in [5.74, 6) is -0.236. The molecule has 0 rings (SSSR count). The van der Waals surface area contributed by atoms with Crippen LogP contribution in [0.1, 0.15) is 251 Å². The van der Waals surface area contributed by atoms with Gasteiger partial charge in [0, 0.05) is 6.42 Å². The Morgan fingerprint density at radius 1 is 0.507 bits per heavy atom. The van der Waals surface area contributed by atoms with Gasteiger partial charge in [-0.15, -0.1) is 0 Å². The largest absolute Gasteiger partial charge is 0.756 e. The number of phosphoric acid groups is 1. The predicted octanol–water partition coefficient (Wildman–Crippen LogP) is 17.4. The van der Waals surface area contributed by atoms with Crippen LogP contribution in [0.5, 0.6) is 0 Å². The summed E-state index contributed by atoms with van der Waals surface area (Å²) in [6.45, 7) is 4.49. The molecule has 0 aromatic carbocycles. The Balaban J connectivity index is 4.23. The molecule has 8 nitrogen and oxygen atoms in total. The second-order valence-electron chi connectivity index (χ2n) is 20.9. The van der Waals surface area contributed by atoms with Gasteiger partial charge in [-0.25, -0.2) is 0 Å². The number of carbonyl (C=O) groups is 1. The van der Waals surface area contributed by atoms with Crippen LogP contribution in [0.25, 0.3) is 0 Å². The van der Waals surface area contributed by atoms with E-state index in [2.05, 4.69) is 92.1 Å². The molecule has 0 aromatic heterocycles. The minimum Gasteiger partial charge on any atom is -0.756 e. The van der Waals surface area contributed by atoms with Gasteiger partial charge in [-0.2, -0.15) is 0 Å². The Hall–Kier alpha value is -2.32. The van der Waals surface area contributed by atoms with E-state index < -0.39 is 26.6 Å². The minimum atomic E-state index is -4.62. The first-order valence-electron chi connectivity index (χ1n) is 29.4. The number of rotatable bonds is 53. The average molecular weight is 1010 g/mol. The van der Waals surface area contributed by atoms with E-state index in [1.54, 1.807) is 6.08 Å². The van der Waals surface area contributed by atoms with Crippen LogP contribution in [-0.4, -0.2) is 68.5 Å². The summed E-state index contributed by atoms with van der Waals surface area (Å²) in [6.07, 6.45) is 74.0. The maximum Gasteiger partial charge on any atom is 0.268 e. The number of allylic oxidation sites excluding steroid dienone is 13. The van der Waals surface area contributed by atoms with Gasteiger partial charge in [0.05, 0.1) is 39.9 Å². The first-order chi connectivity index (χ1) is 34.5. The average Bonchev–Trinajstić information content (AvgIpc) is 3.33. The van der Waals surface area contributed by atoms with Crippen molar-refractivity contribution in [2.75, 3.05) is 40.9 Å². The summed E-state index contributed by atoms with van der Waals surface area (Å²) in [5.41, 5.74) is 0. The maximum absolute atomic E-state index is 12.9. The molecule has 0 aliphatic carbocycles. The van der Waals surface area contributed by atoms with Gasteiger partial charge in [0.2, 0.25) is 5.91 Å². The van der Waals surface area contributed by atoms with Crippen molar-refractivity contribution < 1.29 is 32.9 Å². The topological polar surface area (TPSA) is 108 Å². The second-order valence-corrected chi connectivity index (χ2v) is 22.4. The highest BCUT2D eigenvalue weighted by atomic mass is 31.2. The zero-order valence-electron chi connectivity index (χ0n) is 46.9. The number of aliphatic hydroxyl groups is 1. The zero-order valence-corrected chi connectivity index (χ0v) is 47.8. The van der Waals surface area contributed by atoms with E-state index in [1.807, 2.05) is 27.2 Å². The van der Waals surface area contributed by atoms with Crippen molar-refractivity contribution in [2.24, 2.45) is 0 Å². The fraction of sp³-hybridized carbons (Fsp3) is 0.758. The molecule has 71 heavy (non-hydrogen) atoms. The van der Waals surface area contributed by atoms with Gasteiger partial charge in [-0.05, 0) is 83.5 Å². The Kier molecular flexibility index (Phi) is 50.8. The number of carbonyl (C=O) groups excluding carboxylic acids is 1. The van der Waals surface area contributed by atoms with Gasteiger partial charge in [0.1, 0.15) is 13.2 Å². The maximum atomic E-state index is 12.9. The van der Waals surface area contributed by atoms with Crippen molar-refractivity contribution in [1.82, 2.24) is 5.32 Å². The molecule has 0 saturated carbocycles. The molecule has 0 bridgehead atoms. The number of quaternary nitrogens is 1. The summed E-state index contributed by atoms with van der Waals surface area (Å²) < 4.78 is 23.3. The predicted molar refractivity (Wildman–Crippen MR) is 307 cm³/mol. The molecule has 0 fully saturated rings. The highest BCUT2D eigenvalue weighted by molar-refractivity contribution is 7.45. The molecule has 0 radical (unpaired) electrons. The molecule has 0 aromatic rings. The molecule has 3 unspecified atom stereocenters. The van der Waals surface area contributed by atoms with Gasteiger partial charge in [-0.3, -0.25) is 9.36 Å². The molecule has 0 saturated heterocycles. The molecule has 3 atom stereocenters. The molecule has 2 N–H and O–H groups in total. The molecule has 0 aliphatic rings. The normalized spacial score (nSPS) is 14.5. The molecular weight excluding hydrogens is 900 g/mol. The molecular formula is C62H113N2O6P. The molecule has 9 heteroatoms. The van der Waals surface area contributed by atoms with Gasteiger partial charge in [0.25, 0.3) is 7.82 Å². The van der Waals surface area contributed by atoms with E-state index in [0.717, 1.165) is 83.5 Å². The highest BCUT2D eigenvalue weighted by Crippen LogP contribution is 2.38. The van der Waals surface area contributed by atoms with Crippen LogP contribution in [0.2, 0.25) is 0 Å². The van der Waals surface area contributed by atoms with Crippen LogP contribution in [0.3, 0.4) is 0 Å². The monoisotopic (exact) mass is 1010 g/mol. The minimum absolute atomic E-state index is 0.0183. The van der Waals surface area contributed by atoms with Crippen molar-refractivity contribution in [3.05, 3.63) is 85.1 Å². The number of nitrogens with one attached hydrogen (secondary N) is 1. The third kappa shape index (κ3) is 55.3. The van der Waals surface area contributed by atoms with Crippen molar-refractivity contribution in [3.63, 3.8) is 0 Å². The van der Waals surface area contributed by atoms with E-state index in [-0.39, 0.29) is 12.5 Å². The summed E-state index contributed by atoms with van der Waals surface area (Å²) in [4.78, 5) is 25.4. The van der Waals surface area contributed by atoms with Crippen molar-refractivity contribution >= 4 is 13.7 Å². The van der Waals surface area contributed by atoms with Crippen LogP contribution in [0, 0.1) is 0 Å². The number of nitrogens with zero attached hydrogens (tertiary/aromatic N) is 1. The quantitative estimate of drug-likeness (QED) is 0.0272. The highest BCUT2D eigenvalue weighted by Gasteiger charge is 2.23. The van der Waals surface area contributed by atoms with E-state index in [9.17, 15) is 19.4 Å². The SMILES string of the molecule is CC/C=C\C/C=C\C/C=C\C/C=C\CCCCCCC(=O)NC(COP(=O)([O-])OCC[N+](C)(C)C)C(O)/C=C/CC/C=C/CC/C=C/CCCCCCCCCCCCCCCCCCCCCCCC. The summed E-state index contributed by atoms with van der Waals surface area (Å²) in [7, 11) is 1.21. The molecule has 1 amide bonds. The first-order valence-corrected chi connectivity index (χ1v) is 30.9. The number of unbranched alkanes of at least 4 members (excludes halogenated alkanes) is 28. The number of phosphoric ester groups is 1. The number of hydrogen-bond acceptors (Lipinski definition) is 6. The van der Waals surface area contributed by atoms with E-state index in [0.29, 0.717) is 17.4 Å². The lowest BCUT2D eigenvalue weighted by Crippen LogP contribution is -2.45. The van der Waals surface area contributed by atoms with Gasteiger partial charge >= 0.3 is 0 Å². The van der Waals surface area contributed by atoms with Crippen LogP contribution in [-0.2, 0) is 18.4 Å². The Morgan fingerprint density at radius 2 is 0.873 bits per heavy atom. The number of hydrogen-bond donors (Lipinski definition) is 2. The Morgan fingerprint density at radius 3 is 1.31 bits per heavy atom. The van der Waals surface area contributed by atoms with E-state index in [4.69, 9.17) is 9.05 Å². The van der Waals surface area contributed by atoms with Gasteiger partial charge < -0.3 is 28.8 Å². The third-order valence-corrected chi connectivity index (χ3v) is 13.8. The van der Waals surface area contributed by atoms with Gasteiger partial charge in [-0.1, -0.05) is 247 Å². The van der Waals surface area contributed by atoms with E-state index in [1.165, 1.54) is 148 Å². The second kappa shape index (κ2) is 52.5. The fourth-order valence-electron chi connectivity index (χ4n) is 8.24. The van der Waals surface area contributed by atoms with Crippen LogP contribution < -0.4 is 10.2 Å². The van der Waals surface area contributed by atoms with Crippen molar-refractivity contribution in [3.8, 4) is 0 Å². The molecule has 0 aliphatic heterocycles. The van der Waals surface area contributed by atoms with Crippen molar-refractivity contribution in [1.29, 1.82) is 0 Å². The molecule has 0 spiro atoms. The van der Waals surface area contributed by atoms with Crippen LogP contribution >= 0.6 is 7.82 Å². The van der Waals surface area contributed by atoms with Crippen LogP contribution in [0.4, 0.5) is 0 Å². The Bertz CT molecular complexity index is 1430. The smallest absolute Gasteiger partial charge is 0.268 e.